The Bertz CT molecular complexity index is 1150. The number of hydrogen-bond donors (Lipinski definition) is 1. The molecule has 41 heavy (non-hydrogen) atoms. The van der Waals surface area contributed by atoms with Crippen molar-refractivity contribution in [3.05, 3.63) is 61.2 Å². The lowest BCUT2D eigenvalue weighted by Gasteiger charge is -2.40. The molecule has 3 heterocycles. The molecule has 1 aromatic rings. The maximum Gasteiger partial charge on any atom is 0.248 e. The van der Waals surface area contributed by atoms with E-state index in [-0.39, 0.29) is 36.9 Å². The van der Waals surface area contributed by atoms with E-state index in [9.17, 15) is 19.5 Å². The van der Waals surface area contributed by atoms with Crippen LogP contribution in [-0.2, 0) is 25.7 Å². The molecule has 2 unspecified atom stereocenters. The number of carbonyl (C=O) groups excluding carboxylic acids is 3. The van der Waals surface area contributed by atoms with E-state index in [1.807, 2.05) is 42.2 Å². The predicted molar refractivity (Wildman–Crippen MR) is 156 cm³/mol. The molecule has 3 amide bonds. The van der Waals surface area contributed by atoms with Gasteiger partial charge in [-0.15, -0.1) is 13.2 Å². The second-order valence-electron chi connectivity index (χ2n) is 12.4. The minimum Gasteiger partial charge on any atom is -0.396 e. The molecule has 4 fully saturated rings. The summed E-state index contributed by atoms with van der Waals surface area (Å²) in [7, 11) is 0. The second-order valence-corrected chi connectivity index (χ2v) is 12.4. The lowest BCUT2D eigenvalue weighted by atomic mass is 9.66. The van der Waals surface area contributed by atoms with Crippen molar-refractivity contribution < 1.29 is 24.2 Å². The number of nitrogens with zero attached hydrogens (tertiary/aromatic N) is 3. The van der Waals surface area contributed by atoms with Gasteiger partial charge in [0.2, 0.25) is 17.7 Å². The van der Waals surface area contributed by atoms with E-state index >= 15 is 0 Å². The molecule has 1 aromatic carbocycles. The summed E-state index contributed by atoms with van der Waals surface area (Å²) in [6.45, 7) is 11.0. The summed E-state index contributed by atoms with van der Waals surface area (Å²) in [4.78, 5) is 48.6. The zero-order chi connectivity index (χ0) is 29.2. The van der Waals surface area contributed by atoms with Crippen molar-refractivity contribution >= 4 is 17.7 Å². The van der Waals surface area contributed by atoms with Gasteiger partial charge in [0.25, 0.3) is 0 Å². The normalized spacial score (nSPS) is 30.7. The lowest BCUT2D eigenvalue weighted by molar-refractivity contribution is -0.155. The molecule has 0 aromatic heterocycles. The first-order valence-corrected chi connectivity index (χ1v) is 15.3. The van der Waals surface area contributed by atoms with E-state index in [2.05, 4.69) is 13.2 Å². The van der Waals surface area contributed by atoms with Crippen LogP contribution in [0.5, 0.6) is 0 Å². The molecule has 1 saturated carbocycles. The molecule has 8 nitrogen and oxygen atoms in total. The average molecular weight is 564 g/mol. The van der Waals surface area contributed by atoms with Gasteiger partial charge in [-0.1, -0.05) is 61.7 Å². The minimum atomic E-state index is -1.07. The predicted octanol–water partition coefficient (Wildman–Crippen LogP) is 3.70. The van der Waals surface area contributed by atoms with Crippen LogP contribution in [0.4, 0.5) is 0 Å². The summed E-state index contributed by atoms with van der Waals surface area (Å²) in [6.07, 6.45) is 10.1. The Morgan fingerprint density at radius 1 is 1.07 bits per heavy atom. The van der Waals surface area contributed by atoms with E-state index in [1.165, 1.54) is 6.42 Å². The van der Waals surface area contributed by atoms with Gasteiger partial charge in [0.1, 0.15) is 11.6 Å². The number of benzene rings is 1. The number of rotatable bonds is 12. The first kappa shape index (κ1) is 29.5. The van der Waals surface area contributed by atoms with Gasteiger partial charge in [0.05, 0.1) is 17.4 Å². The average Bonchev–Trinajstić information content (AvgIpc) is 3.55. The van der Waals surface area contributed by atoms with Gasteiger partial charge in [-0.25, -0.2) is 0 Å². The van der Waals surface area contributed by atoms with E-state index in [0.717, 1.165) is 31.2 Å². The Hall–Kier alpha value is -2.97. The van der Waals surface area contributed by atoms with Crippen molar-refractivity contribution in [2.75, 3.05) is 26.2 Å². The molecule has 4 aliphatic rings. The standard InChI is InChI=1S/C33H45N3O5/c1-4-19-34(23-24-13-8-6-9-14-24)29(38)26-27-30(39)36(21-12-22-37)28(33(27)18-17-32(26,3)41-33)31(40)35(20-5-2)25-15-10-7-11-16-25/h4-6,8-9,13-14,25-28,37H,1-2,7,10-12,15-23H2,3H3/t26-,27+,28?,32+,33?/m1/s1. The molecule has 5 rings (SSSR count). The van der Waals surface area contributed by atoms with Crippen LogP contribution >= 0.6 is 0 Å². The van der Waals surface area contributed by atoms with Crippen molar-refractivity contribution in [3.63, 3.8) is 0 Å². The van der Waals surface area contributed by atoms with Crippen LogP contribution in [0, 0.1) is 11.8 Å². The van der Waals surface area contributed by atoms with Gasteiger partial charge in [-0.05, 0) is 44.6 Å². The van der Waals surface area contributed by atoms with E-state index in [0.29, 0.717) is 38.9 Å². The molecule has 3 aliphatic heterocycles. The summed E-state index contributed by atoms with van der Waals surface area (Å²) in [5.74, 6) is -1.92. The molecule has 1 N–H and O–H groups in total. The van der Waals surface area contributed by atoms with E-state index in [4.69, 9.17) is 4.74 Å². The maximum absolute atomic E-state index is 14.6. The largest absolute Gasteiger partial charge is 0.396 e. The number of hydrogen-bond acceptors (Lipinski definition) is 5. The first-order chi connectivity index (χ1) is 19.8. The summed E-state index contributed by atoms with van der Waals surface area (Å²) in [5.41, 5.74) is -0.919. The monoisotopic (exact) mass is 563 g/mol. The summed E-state index contributed by atoms with van der Waals surface area (Å²) in [5, 5.41) is 9.67. The summed E-state index contributed by atoms with van der Waals surface area (Å²) in [6, 6.07) is 9.07. The van der Waals surface area contributed by atoms with Crippen molar-refractivity contribution in [1.82, 2.24) is 14.7 Å². The number of ether oxygens (including phenoxy) is 1. The summed E-state index contributed by atoms with van der Waals surface area (Å²) < 4.78 is 6.84. The molecule has 0 radical (unpaired) electrons. The van der Waals surface area contributed by atoms with Crippen LogP contribution in [0.1, 0.15) is 63.9 Å². The Labute approximate surface area is 244 Å². The van der Waals surface area contributed by atoms with Gasteiger partial charge in [0.15, 0.2) is 0 Å². The Morgan fingerprint density at radius 3 is 2.44 bits per heavy atom. The fourth-order valence-electron chi connectivity index (χ4n) is 8.06. The Balaban J connectivity index is 1.51. The molecular weight excluding hydrogens is 518 g/mol. The SMILES string of the molecule is C=CCN(Cc1ccccc1)C(=O)[C@H]1[C@H]2C(=O)N(CCCO)C(C(=O)N(CC=C)C3CCCCC3)C23CC[C@]1(C)O3. The highest BCUT2D eigenvalue weighted by atomic mass is 16.5. The van der Waals surface area contributed by atoms with Crippen LogP contribution in [0.15, 0.2) is 55.6 Å². The van der Waals surface area contributed by atoms with Crippen molar-refractivity contribution in [2.45, 2.75) is 88.1 Å². The molecule has 8 heteroatoms. The number of aliphatic hydroxyl groups is 1. The highest BCUT2D eigenvalue weighted by Crippen LogP contribution is 2.63. The zero-order valence-electron chi connectivity index (χ0n) is 24.4. The molecule has 3 saturated heterocycles. The first-order valence-electron chi connectivity index (χ1n) is 15.3. The van der Waals surface area contributed by atoms with E-state index < -0.39 is 29.1 Å². The van der Waals surface area contributed by atoms with Gasteiger partial charge in [0, 0.05) is 38.8 Å². The van der Waals surface area contributed by atoms with Crippen LogP contribution < -0.4 is 0 Å². The van der Waals surface area contributed by atoms with Gasteiger partial charge in [-0.3, -0.25) is 14.4 Å². The number of fused-ring (bicyclic) bond motifs is 1. The smallest absolute Gasteiger partial charge is 0.248 e. The second kappa shape index (κ2) is 12.1. The van der Waals surface area contributed by atoms with Crippen LogP contribution in [-0.4, -0.2) is 87.1 Å². The third-order valence-electron chi connectivity index (χ3n) is 9.84. The molecule has 222 valence electrons. The molecular formula is C33H45N3O5. The fraction of sp³-hybridized carbons (Fsp3) is 0.606. The lowest BCUT2D eigenvalue weighted by Crippen LogP contribution is -2.58. The third kappa shape index (κ3) is 5.14. The van der Waals surface area contributed by atoms with Crippen LogP contribution in [0.25, 0.3) is 0 Å². The quantitative estimate of drug-likeness (QED) is 0.392. The van der Waals surface area contributed by atoms with Gasteiger partial charge >= 0.3 is 0 Å². The fourth-order valence-corrected chi connectivity index (χ4v) is 8.06. The molecule has 5 atom stereocenters. The van der Waals surface area contributed by atoms with Crippen LogP contribution in [0.3, 0.4) is 0 Å². The van der Waals surface area contributed by atoms with Crippen molar-refractivity contribution in [1.29, 1.82) is 0 Å². The summed E-state index contributed by atoms with van der Waals surface area (Å²) >= 11 is 0. The van der Waals surface area contributed by atoms with Gasteiger partial charge < -0.3 is 24.5 Å². The zero-order valence-corrected chi connectivity index (χ0v) is 24.4. The third-order valence-corrected chi connectivity index (χ3v) is 9.84. The van der Waals surface area contributed by atoms with Crippen molar-refractivity contribution in [2.24, 2.45) is 11.8 Å². The maximum atomic E-state index is 14.6. The minimum absolute atomic E-state index is 0.0908. The highest BCUT2D eigenvalue weighted by Gasteiger charge is 2.78. The Kier molecular flexibility index (Phi) is 8.71. The topological polar surface area (TPSA) is 90.4 Å². The molecule has 1 aliphatic carbocycles. The van der Waals surface area contributed by atoms with Crippen LogP contribution in [0.2, 0.25) is 0 Å². The Morgan fingerprint density at radius 2 is 1.78 bits per heavy atom. The van der Waals surface area contributed by atoms with Crippen molar-refractivity contribution in [3.8, 4) is 0 Å². The highest BCUT2D eigenvalue weighted by molar-refractivity contribution is 5.99. The van der Waals surface area contributed by atoms with Gasteiger partial charge in [-0.2, -0.15) is 0 Å². The number of carbonyl (C=O) groups is 3. The number of amides is 3. The van der Waals surface area contributed by atoms with E-state index in [1.54, 1.807) is 22.0 Å². The number of aliphatic hydroxyl groups excluding tert-OH is 1. The number of likely N-dealkylation sites (tertiary alicyclic amines) is 1. The molecule has 1 spiro atoms. The molecule has 2 bridgehead atoms.